The number of nitrogens with one attached hydrogen (secondary N) is 1. The van der Waals surface area contributed by atoms with E-state index in [1.165, 1.54) is 0 Å². The molecule has 4 nitrogen and oxygen atoms in total. The molecule has 0 aromatic heterocycles. The van der Waals surface area contributed by atoms with E-state index in [1.807, 2.05) is 37.9 Å². The Morgan fingerprint density at radius 1 is 1.42 bits per heavy atom. The van der Waals surface area contributed by atoms with Crippen LogP contribution >= 0.6 is 11.6 Å². The first-order valence-electron chi connectivity index (χ1n) is 6.34. The molecular weight excluding hydrogens is 262 g/mol. The molecule has 1 aromatic carbocycles. The van der Waals surface area contributed by atoms with Gasteiger partial charge >= 0.3 is 6.03 Å². The smallest absolute Gasteiger partial charge is 0.347 e. The second-order valence-corrected chi connectivity index (χ2v) is 5.25. The maximum atomic E-state index is 12.0. The van der Waals surface area contributed by atoms with Crippen molar-refractivity contribution in [1.82, 2.24) is 4.90 Å². The molecule has 1 fully saturated rings. The van der Waals surface area contributed by atoms with Crippen molar-refractivity contribution < 1.29 is 4.79 Å². The predicted molar refractivity (Wildman–Crippen MR) is 79.2 cm³/mol. The summed E-state index contributed by atoms with van der Waals surface area (Å²) in [5.74, 6) is 0.842. The summed E-state index contributed by atoms with van der Waals surface area (Å²) in [6, 6.07) is 3.38. The van der Waals surface area contributed by atoms with E-state index in [0.717, 1.165) is 42.0 Å². The number of hydrogen-bond donors (Lipinski definition) is 1. The van der Waals surface area contributed by atoms with Gasteiger partial charge in [-0.15, -0.1) is 0 Å². The molecule has 1 heterocycles. The fourth-order valence-corrected chi connectivity index (χ4v) is 2.36. The molecule has 2 rings (SSSR count). The number of urea groups is 1. The largest absolute Gasteiger partial charge is 0.363 e. The van der Waals surface area contributed by atoms with Crippen LogP contribution in [0.5, 0.6) is 0 Å². The van der Waals surface area contributed by atoms with Gasteiger partial charge in [-0.05, 0) is 37.5 Å². The molecule has 1 aliphatic heterocycles. The summed E-state index contributed by atoms with van der Waals surface area (Å²) < 4.78 is 0. The van der Waals surface area contributed by atoms with Gasteiger partial charge in [0.05, 0.1) is 0 Å². The SMILES string of the molecule is Cc1ccc(Cl)c(C)c1NC(=O)N=C1CCCN1C. The number of amidine groups is 1. The van der Waals surface area contributed by atoms with Gasteiger partial charge in [-0.2, -0.15) is 4.99 Å². The van der Waals surface area contributed by atoms with Crippen molar-refractivity contribution in [2.45, 2.75) is 26.7 Å². The van der Waals surface area contributed by atoms with Crippen LogP contribution in [-0.4, -0.2) is 30.4 Å². The van der Waals surface area contributed by atoms with Crippen molar-refractivity contribution >= 4 is 29.2 Å². The number of amides is 2. The van der Waals surface area contributed by atoms with Crippen LogP contribution in [0.3, 0.4) is 0 Å². The average molecular weight is 280 g/mol. The van der Waals surface area contributed by atoms with Crippen molar-refractivity contribution in [3.8, 4) is 0 Å². The van der Waals surface area contributed by atoms with E-state index in [1.54, 1.807) is 0 Å². The molecule has 0 aliphatic carbocycles. The van der Waals surface area contributed by atoms with Crippen molar-refractivity contribution in [2.24, 2.45) is 4.99 Å². The molecule has 0 atom stereocenters. The van der Waals surface area contributed by atoms with Crippen LogP contribution in [0.1, 0.15) is 24.0 Å². The van der Waals surface area contributed by atoms with Gasteiger partial charge in [-0.3, -0.25) is 0 Å². The zero-order valence-electron chi connectivity index (χ0n) is 11.5. The number of aryl methyl sites for hydroxylation is 1. The Hall–Kier alpha value is -1.55. The fraction of sp³-hybridized carbons (Fsp3) is 0.429. The van der Waals surface area contributed by atoms with E-state index in [0.29, 0.717) is 5.02 Å². The molecule has 1 saturated heterocycles. The number of benzene rings is 1. The first-order valence-corrected chi connectivity index (χ1v) is 6.72. The summed E-state index contributed by atoms with van der Waals surface area (Å²) in [6.07, 6.45) is 1.91. The molecular formula is C14H18ClN3O. The highest BCUT2D eigenvalue weighted by Gasteiger charge is 2.16. The van der Waals surface area contributed by atoms with Gasteiger partial charge < -0.3 is 10.2 Å². The zero-order chi connectivity index (χ0) is 14.0. The lowest BCUT2D eigenvalue weighted by molar-refractivity contribution is 0.259. The van der Waals surface area contributed by atoms with E-state index in [-0.39, 0.29) is 6.03 Å². The van der Waals surface area contributed by atoms with Crippen molar-refractivity contribution in [1.29, 1.82) is 0 Å². The summed E-state index contributed by atoms with van der Waals surface area (Å²) in [5.41, 5.74) is 2.60. The highest BCUT2D eigenvalue weighted by Crippen LogP contribution is 2.27. The molecule has 1 N–H and O–H groups in total. The van der Waals surface area contributed by atoms with Gasteiger partial charge in [0.25, 0.3) is 0 Å². The van der Waals surface area contributed by atoms with E-state index in [9.17, 15) is 4.79 Å². The lowest BCUT2D eigenvalue weighted by Crippen LogP contribution is -2.22. The van der Waals surface area contributed by atoms with Crippen LogP contribution in [0.2, 0.25) is 5.02 Å². The van der Waals surface area contributed by atoms with Crippen molar-refractivity contribution in [3.05, 3.63) is 28.3 Å². The Bertz CT molecular complexity index is 540. The molecule has 1 aromatic rings. The first-order chi connectivity index (χ1) is 8.99. The maximum absolute atomic E-state index is 12.0. The van der Waals surface area contributed by atoms with E-state index < -0.39 is 0 Å². The fourth-order valence-electron chi connectivity index (χ4n) is 2.20. The standard InChI is InChI=1S/C14H18ClN3O/c1-9-6-7-11(15)10(2)13(9)17-14(19)16-12-5-4-8-18(12)3/h6-7H,4-5,8H2,1-3H3,(H,17,19). The van der Waals surface area contributed by atoms with E-state index >= 15 is 0 Å². The zero-order valence-corrected chi connectivity index (χ0v) is 12.2. The molecule has 0 radical (unpaired) electrons. The molecule has 5 heteroatoms. The van der Waals surface area contributed by atoms with Crippen LogP contribution in [0.4, 0.5) is 10.5 Å². The minimum Gasteiger partial charge on any atom is -0.363 e. The predicted octanol–water partition coefficient (Wildman–Crippen LogP) is 3.61. The van der Waals surface area contributed by atoms with E-state index in [4.69, 9.17) is 11.6 Å². The van der Waals surface area contributed by atoms with E-state index in [2.05, 4.69) is 10.3 Å². The number of aliphatic imine (C=N–C) groups is 1. The topological polar surface area (TPSA) is 44.7 Å². The van der Waals surface area contributed by atoms with Gasteiger partial charge in [-0.25, -0.2) is 4.79 Å². The van der Waals surface area contributed by atoms with Crippen LogP contribution < -0.4 is 5.32 Å². The van der Waals surface area contributed by atoms with Gasteiger partial charge in [0, 0.05) is 30.7 Å². The van der Waals surface area contributed by atoms with Crippen molar-refractivity contribution in [2.75, 3.05) is 18.9 Å². The lowest BCUT2D eigenvalue weighted by Gasteiger charge is -2.13. The maximum Gasteiger partial charge on any atom is 0.347 e. The minimum absolute atomic E-state index is 0.336. The number of nitrogens with zero attached hydrogens (tertiary/aromatic N) is 2. The normalized spacial score (nSPS) is 17.1. The molecule has 2 amide bonds. The highest BCUT2D eigenvalue weighted by molar-refractivity contribution is 6.31. The van der Waals surface area contributed by atoms with Crippen LogP contribution in [-0.2, 0) is 0 Å². The quantitative estimate of drug-likeness (QED) is 0.853. The van der Waals surface area contributed by atoms with Crippen molar-refractivity contribution in [3.63, 3.8) is 0 Å². The Labute approximate surface area is 118 Å². The highest BCUT2D eigenvalue weighted by atomic mass is 35.5. The summed E-state index contributed by atoms with van der Waals surface area (Å²) in [7, 11) is 1.95. The molecule has 0 unspecified atom stereocenters. The number of anilines is 1. The number of hydrogen-bond acceptors (Lipinski definition) is 1. The monoisotopic (exact) mass is 279 g/mol. The Morgan fingerprint density at radius 2 is 2.16 bits per heavy atom. The van der Waals surface area contributed by atoms with Crippen LogP contribution in [0.15, 0.2) is 17.1 Å². The second kappa shape index (κ2) is 5.61. The van der Waals surface area contributed by atoms with Crippen LogP contribution in [0.25, 0.3) is 0 Å². The Morgan fingerprint density at radius 3 is 2.79 bits per heavy atom. The molecule has 0 spiro atoms. The number of rotatable bonds is 1. The van der Waals surface area contributed by atoms with Crippen LogP contribution in [0, 0.1) is 13.8 Å². The molecule has 1 aliphatic rings. The third-order valence-corrected chi connectivity index (χ3v) is 3.81. The summed E-state index contributed by atoms with van der Waals surface area (Å²) in [4.78, 5) is 18.1. The number of carbonyl (C=O) groups is 1. The molecule has 0 saturated carbocycles. The van der Waals surface area contributed by atoms with Gasteiger partial charge in [0.1, 0.15) is 5.84 Å². The third-order valence-electron chi connectivity index (χ3n) is 3.40. The van der Waals surface area contributed by atoms with Gasteiger partial charge in [0.15, 0.2) is 0 Å². The van der Waals surface area contributed by atoms with Gasteiger partial charge in [-0.1, -0.05) is 17.7 Å². The lowest BCUT2D eigenvalue weighted by atomic mass is 10.1. The number of likely N-dealkylation sites (tertiary alicyclic amines) is 1. The number of halogens is 1. The molecule has 19 heavy (non-hydrogen) atoms. The minimum atomic E-state index is -0.336. The average Bonchev–Trinajstić information content (AvgIpc) is 2.76. The first kappa shape index (κ1) is 13.9. The summed E-state index contributed by atoms with van der Waals surface area (Å²) in [6.45, 7) is 4.79. The summed E-state index contributed by atoms with van der Waals surface area (Å²) >= 11 is 6.07. The number of carbonyl (C=O) groups excluding carboxylic acids is 1. The second-order valence-electron chi connectivity index (χ2n) is 4.85. The third kappa shape index (κ3) is 3.07. The molecule has 102 valence electrons. The summed E-state index contributed by atoms with van der Waals surface area (Å²) in [5, 5.41) is 3.47. The Balaban J connectivity index is 2.18. The Kier molecular flexibility index (Phi) is 4.10. The van der Waals surface area contributed by atoms with Gasteiger partial charge in [0.2, 0.25) is 0 Å². The molecule has 0 bridgehead atoms.